The molecule has 31 heavy (non-hydrogen) atoms. The monoisotopic (exact) mass is 439 g/mol. The number of carboxylic acid groups (broad SMARTS) is 2. The van der Waals surface area contributed by atoms with Crippen molar-refractivity contribution in [3.05, 3.63) is 12.2 Å². The molecule has 1 fully saturated rings. The summed E-state index contributed by atoms with van der Waals surface area (Å²) < 4.78 is 6.13. The topological polar surface area (TPSA) is 95.9 Å². The minimum absolute atomic E-state index is 0.0654. The minimum atomic E-state index is -1.74. The van der Waals surface area contributed by atoms with E-state index in [-0.39, 0.29) is 23.6 Å². The fourth-order valence-corrected chi connectivity index (χ4v) is 4.86. The fraction of sp³-hybridized carbons (Fsp3) is 0.840. The summed E-state index contributed by atoms with van der Waals surface area (Å²) in [4.78, 5) is 23.7. The molecule has 0 spiro atoms. The molecule has 6 heteroatoms. The Bertz CT molecular complexity index is 583. The van der Waals surface area contributed by atoms with Gasteiger partial charge in [-0.3, -0.25) is 4.79 Å². The number of unbranched alkanes of at least 4 members (excludes halogenated alkanes) is 7. The van der Waals surface area contributed by atoms with Gasteiger partial charge in [-0.15, -0.1) is 0 Å². The average Bonchev–Trinajstić information content (AvgIpc) is 2.59. The maximum absolute atomic E-state index is 12.2. The highest BCUT2D eigenvalue weighted by Crippen LogP contribution is 2.35. The van der Waals surface area contributed by atoms with E-state index in [0.29, 0.717) is 12.8 Å². The second-order valence-electron chi connectivity index (χ2n) is 10.5. The van der Waals surface area contributed by atoms with Crippen LogP contribution in [-0.4, -0.2) is 44.9 Å². The molecule has 0 aromatic heterocycles. The number of hydrogen-bond donors (Lipinski definition) is 3. The van der Waals surface area contributed by atoms with E-state index in [0.717, 1.165) is 12.8 Å². The van der Waals surface area contributed by atoms with E-state index in [4.69, 9.17) is 4.74 Å². The number of nitrogens with one attached hydrogen (secondary N) is 1. The van der Waals surface area contributed by atoms with E-state index in [1.54, 1.807) is 6.08 Å². The highest BCUT2D eigenvalue weighted by atomic mass is 16.5. The molecule has 0 saturated carbocycles. The van der Waals surface area contributed by atoms with Crippen LogP contribution in [0.5, 0.6) is 0 Å². The van der Waals surface area contributed by atoms with Crippen LogP contribution in [0.4, 0.5) is 0 Å². The number of rotatable bonds is 15. The molecule has 1 aliphatic heterocycles. The maximum Gasteiger partial charge on any atom is 0.336 e. The third kappa shape index (κ3) is 10.6. The van der Waals surface area contributed by atoms with Crippen molar-refractivity contribution in [3.63, 3.8) is 0 Å². The summed E-state index contributed by atoms with van der Waals surface area (Å²) in [7, 11) is 0. The molecule has 0 bridgehead atoms. The summed E-state index contributed by atoms with van der Waals surface area (Å²) in [5, 5.41) is 22.9. The van der Waals surface area contributed by atoms with Crippen LogP contribution >= 0.6 is 0 Å². The summed E-state index contributed by atoms with van der Waals surface area (Å²) in [6, 6.07) is 0. The third-order valence-corrected chi connectivity index (χ3v) is 5.96. The van der Waals surface area contributed by atoms with Crippen LogP contribution in [0.2, 0.25) is 0 Å². The van der Waals surface area contributed by atoms with E-state index in [1.807, 2.05) is 6.08 Å². The highest BCUT2D eigenvalue weighted by Gasteiger charge is 2.47. The number of carbonyl (C=O) groups is 2. The van der Waals surface area contributed by atoms with Crippen LogP contribution in [-0.2, 0) is 14.3 Å². The number of carboxylic acids is 2. The lowest BCUT2D eigenvalue weighted by molar-refractivity contribution is -0.186. The number of hydrogen-bond acceptors (Lipinski definition) is 4. The predicted octanol–water partition coefficient (Wildman–Crippen LogP) is 5.70. The van der Waals surface area contributed by atoms with Crippen molar-refractivity contribution in [1.29, 1.82) is 0 Å². The van der Waals surface area contributed by atoms with Gasteiger partial charge >= 0.3 is 11.9 Å². The largest absolute Gasteiger partial charge is 0.481 e. The van der Waals surface area contributed by atoms with Gasteiger partial charge < -0.3 is 20.3 Å². The van der Waals surface area contributed by atoms with Crippen molar-refractivity contribution in [2.45, 2.75) is 134 Å². The van der Waals surface area contributed by atoms with Crippen LogP contribution < -0.4 is 5.32 Å². The quantitative estimate of drug-likeness (QED) is 0.224. The molecule has 0 amide bonds. The zero-order chi connectivity index (χ0) is 23.5. The second-order valence-corrected chi connectivity index (χ2v) is 10.5. The second kappa shape index (κ2) is 12.6. The van der Waals surface area contributed by atoms with Gasteiger partial charge in [0, 0.05) is 17.5 Å². The van der Waals surface area contributed by atoms with Gasteiger partial charge in [-0.25, -0.2) is 4.79 Å². The molecule has 0 aromatic carbocycles. The molecule has 180 valence electrons. The first kappa shape index (κ1) is 27.6. The molecule has 0 radical (unpaired) electrons. The van der Waals surface area contributed by atoms with Gasteiger partial charge in [-0.1, -0.05) is 57.6 Å². The SMILES string of the molecule is CCCCCCCCCC=CCC(CC(=O)O)(OC1CC(C)(C)NC(C)(C)C1)C(=O)O. The van der Waals surface area contributed by atoms with Gasteiger partial charge in [-0.05, 0) is 53.4 Å². The van der Waals surface area contributed by atoms with Crippen LogP contribution in [0.1, 0.15) is 112 Å². The smallest absolute Gasteiger partial charge is 0.336 e. The minimum Gasteiger partial charge on any atom is -0.481 e. The van der Waals surface area contributed by atoms with Crippen molar-refractivity contribution in [2.75, 3.05) is 0 Å². The van der Waals surface area contributed by atoms with E-state index in [9.17, 15) is 19.8 Å². The first-order chi connectivity index (χ1) is 14.4. The summed E-state index contributed by atoms with van der Waals surface area (Å²) in [5.41, 5.74) is -2.17. The Labute approximate surface area is 188 Å². The Morgan fingerprint density at radius 2 is 1.52 bits per heavy atom. The Hall–Kier alpha value is -1.40. The average molecular weight is 440 g/mol. The van der Waals surface area contributed by atoms with Crippen LogP contribution in [0, 0.1) is 0 Å². The lowest BCUT2D eigenvalue weighted by atomic mass is 9.80. The van der Waals surface area contributed by atoms with Gasteiger partial charge in [0.25, 0.3) is 0 Å². The van der Waals surface area contributed by atoms with Gasteiger partial charge in [-0.2, -0.15) is 0 Å². The standard InChI is InChI=1S/C25H45NO5/c1-6-7-8-9-10-11-12-13-14-15-16-25(22(29)30,19-21(27)28)31-20-17-23(2,3)26-24(4,5)18-20/h14-15,20,26H,6-13,16-19H2,1-5H3,(H,27,28)(H,29,30). The van der Waals surface area contributed by atoms with E-state index >= 15 is 0 Å². The van der Waals surface area contributed by atoms with Gasteiger partial charge in [0.1, 0.15) is 0 Å². The lowest BCUT2D eigenvalue weighted by Crippen LogP contribution is -2.61. The number of piperidine rings is 1. The molecule has 1 heterocycles. The van der Waals surface area contributed by atoms with Crippen LogP contribution in [0.25, 0.3) is 0 Å². The Morgan fingerprint density at radius 1 is 0.968 bits per heavy atom. The summed E-state index contributed by atoms with van der Waals surface area (Å²) in [6.07, 6.45) is 13.7. The molecule has 1 atom stereocenters. The lowest BCUT2D eigenvalue weighted by Gasteiger charge is -2.48. The number of ether oxygens (including phenoxy) is 1. The fourth-order valence-electron chi connectivity index (χ4n) is 4.86. The zero-order valence-corrected chi connectivity index (χ0v) is 20.3. The van der Waals surface area contributed by atoms with Crippen molar-refractivity contribution in [1.82, 2.24) is 5.32 Å². The molecular formula is C25H45NO5. The van der Waals surface area contributed by atoms with Crippen molar-refractivity contribution < 1.29 is 24.5 Å². The van der Waals surface area contributed by atoms with Gasteiger partial charge in [0.15, 0.2) is 5.60 Å². The van der Waals surface area contributed by atoms with E-state index in [1.165, 1.54) is 38.5 Å². The number of aliphatic carboxylic acids is 2. The summed E-state index contributed by atoms with van der Waals surface area (Å²) >= 11 is 0. The normalized spacial score (nSPS) is 20.5. The Balaban J connectivity index is 2.71. The maximum atomic E-state index is 12.2. The number of allylic oxidation sites excluding steroid dienone is 1. The van der Waals surface area contributed by atoms with Crippen LogP contribution in [0.3, 0.4) is 0 Å². The predicted molar refractivity (Wildman–Crippen MR) is 124 cm³/mol. The molecule has 3 N–H and O–H groups in total. The van der Waals surface area contributed by atoms with E-state index in [2.05, 4.69) is 39.9 Å². The Morgan fingerprint density at radius 3 is 2.03 bits per heavy atom. The van der Waals surface area contributed by atoms with Crippen molar-refractivity contribution in [3.8, 4) is 0 Å². The molecule has 6 nitrogen and oxygen atoms in total. The zero-order valence-electron chi connectivity index (χ0n) is 20.3. The molecule has 0 aromatic rings. The summed E-state index contributed by atoms with van der Waals surface area (Å²) in [6.45, 7) is 10.5. The molecule has 0 aliphatic carbocycles. The highest BCUT2D eigenvalue weighted by molar-refractivity contribution is 5.84. The molecule has 1 unspecified atom stereocenters. The summed E-state index contributed by atoms with van der Waals surface area (Å²) in [5.74, 6) is -2.36. The molecule has 1 aliphatic rings. The van der Waals surface area contributed by atoms with Crippen molar-refractivity contribution >= 4 is 11.9 Å². The van der Waals surface area contributed by atoms with Gasteiger partial charge in [0.2, 0.25) is 0 Å². The third-order valence-electron chi connectivity index (χ3n) is 5.96. The van der Waals surface area contributed by atoms with E-state index < -0.39 is 24.0 Å². The molecular weight excluding hydrogens is 394 g/mol. The molecule has 1 rings (SSSR count). The first-order valence-electron chi connectivity index (χ1n) is 12.0. The molecule has 1 saturated heterocycles. The Kier molecular flexibility index (Phi) is 11.2. The van der Waals surface area contributed by atoms with Crippen molar-refractivity contribution in [2.24, 2.45) is 0 Å². The van der Waals surface area contributed by atoms with Gasteiger partial charge in [0.05, 0.1) is 12.5 Å². The first-order valence-corrected chi connectivity index (χ1v) is 12.0. The van der Waals surface area contributed by atoms with Crippen LogP contribution in [0.15, 0.2) is 12.2 Å².